The van der Waals surface area contributed by atoms with Crippen molar-refractivity contribution in [1.82, 2.24) is 15.5 Å². The van der Waals surface area contributed by atoms with Crippen LogP contribution in [0.15, 0.2) is 60.7 Å². The van der Waals surface area contributed by atoms with Crippen LogP contribution in [0, 0.1) is 0 Å². The monoisotopic (exact) mass is 394 g/mol. The molecule has 0 saturated carbocycles. The van der Waals surface area contributed by atoms with Crippen molar-refractivity contribution >= 4 is 11.7 Å². The van der Waals surface area contributed by atoms with E-state index in [9.17, 15) is 4.79 Å². The maximum absolute atomic E-state index is 12.1. The molecule has 3 aromatic rings. The molecule has 0 unspecified atom stereocenters. The largest absolute Gasteiger partial charge is 0.494 e. The molecule has 0 aliphatic carbocycles. The Morgan fingerprint density at radius 3 is 2.24 bits per heavy atom. The Balaban J connectivity index is 1.47. The van der Waals surface area contributed by atoms with Gasteiger partial charge in [0.2, 0.25) is 5.88 Å². The van der Waals surface area contributed by atoms with Gasteiger partial charge in [0.25, 0.3) is 0 Å². The van der Waals surface area contributed by atoms with Gasteiger partial charge >= 0.3 is 6.03 Å². The zero-order valence-electron chi connectivity index (χ0n) is 16.2. The summed E-state index contributed by atoms with van der Waals surface area (Å²) in [6.07, 6.45) is 0. The van der Waals surface area contributed by atoms with Gasteiger partial charge in [0, 0.05) is 11.6 Å². The average Bonchev–Trinajstić information content (AvgIpc) is 2.78. The number of nitrogens with one attached hydrogen (secondary N) is 2. The third kappa shape index (κ3) is 5.35. The number of methoxy groups -OCH3 is 2. The van der Waals surface area contributed by atoms with Crippen molar-refractivity contribution in [1.29, 1.82) is 0 Å². The summed E-state index contributed by atoms with van der Waals surface area (Å²) in [6.45, 7) is 0.529. The van der Waals surface area contributed by atoms with Crippen molar-refractivity contribution < 1.29 is 19.0 Å². The number of hydrogen-bond donors (Lipinski definition) is 2. The van der Waals surface area contributed by atoms with Gasteiger partial charge in [0.1, 0.15) is 23.8 Å². The Bertz CT molecular complexity index is 911. The van der Waals surface area contributed by atoms with Crippen LogP contribution in [0.5, 0.6) is 17.4 Å². The Labute approximate surface area is 168 Å². The Morgan fingerprint density at radius 1 is 0.897 bits per heavy atom. The van der Waals surface area contributed by atoms with Crippen molar-refractivity contribution in [3.63, 3.8) is 0 Å². The topological polar surface area (TPSA) is 94.6 Å². The van der Waals surface area contributed by atoms with Gasteiger partial charge < -0.3 is 24.8 Å². The Kier molecular flexibility index (Phi) is 6.83. The SMILES string of the molecule is COc1cccc(OC)c1NC(=O)NCCOc1ccc(-c2ccccc2)nn1. The highest BCUT2D eigenvalue weighted by atomic mass is 16.5. The molecule has 1 heterocycles. The predicted octanol–water partition coefficient (Wildman–Crippen LogP) is 3.36. The Hall–Kier alpha value is -3.81. The number of nitrogens with zero attached hydrogens (tertiary/aromatic N) is 2. The van der Waals surface area contributed by atoms with E-state index in [-0.39, 0.29) is 13.2 Å². The second-order valence-electron chi connectivity index (χ2n) is 5.89. The minimum atomic E-state index is -0.401. The van der Waals surface area contributed by atoms with Gasteiger partial charge in [-0.3, -0.25) is 0 Å². The standard InChI is InChI=1S/C21H22N4O4/c1-27-17-9-6-10-18(28-2)20(17)23-21(26)22-13-14-29-19-12-11-16(24-25-19)15-7-4-3-5-8-15/h3-12H,13-14H2,1-2H3,(H2,22,23,26). The smallest absolute Gasteiger partial charge is 0.319 e. The lowest BCUT2D eigenvalue weighted by Crippen LogP contribution is -2.32. The second-order valence-corrected chi connectivity index (χ2v) is 5.89. The highest BCUT2D eigenvalue weighted by Gasteiger charge is 2.12. The number of rotatable bonds is 8. The number of carbonyl (C=O) groups is 1. The summed E-state index contributed by atoms with van der Waals surface area (Å²) in [4.78, 5) is 12.1. The quantitative estimate of drug-likeness (QED) is 0.569. The number of benzene rings is 2. The van der Waals surface area contributed by atoms with Gasteiger partial charge in [-0.25, -0.2) is 4.79 Å². The highest BCUT2D eigenvalue weighted by molar-refractivity contribution is 5.92. The van der Waals surface area contributed by atoms with Gasteiger partial charge in [-0.2, -0.15) is 0 Å². The van der Waals surface area contributed by atoms with E-state index in [4.69, 9.17) is 14.2 Å². The summed E-state index contributed by atoms with van der Waals surface area (Å²) >= 11 is 0. The molecule has 150 valence electrons. The van der Waals surface area contributed by atoms with Crippen molar-refractivity contribution in [3.05, 3.63) is 60.7 Å². The van der Waals surface area contributed by atoms with E-state index >= 15 is 0 Å². The minimum Gasteiger partial charge on any atom is -0.494 e. The van der Waals surface area contributed by atoms with E-state index in [1.54, 1.807) is 24.3 Å². The molecule has 0 radical (unpaired) electrons. The number of carbonyl (C=O) groups excluding carboxylic acids is 1. The molecule has 3 rings (SSSR count). The molecular weight excluding hydrogens is 372 g/mol. The van der Waals surface area contributed by atoms with E-state index < -0.39 is 6.03 Å². The fourth-order valence-corrected chi connectivity index (χ4v) is 2.61. The number of anilines is 1. The maximum Gasteiger partial charge on any atom is 0.319 e. The van der Waals surface area contributed by atoms with Crippen LogP contribution >= 0.6 is 0 Å². The molecule has 2 amide bonds. The van der Waals surface area contributed by atoms with E-state index in [0.29, 0.717) is 23.1 Å². The summed E-state index contributed by atoms with van der Waals surface area (Å²) < 4.78 is 16.0. The highest BCUT2D eigenvalue weighted by Crippen LogP contribution is 2.33. The number of ether oxygens (including phenoxy) is 3. The third-order valence-electron chi connectivity index (χ3n) is 4.01. The van der Waals surface area contributed by atoms with Gasteiger partial charge in [-0.15, -0.1) is 10.2 Å². The lowest BCUT2D eigenvalue weighted by Gasteiger charge is -2.14. The van der Waals surface area contributed by atoms with Crippen LogP contribution in [-0.4, -0.2) is 43.6 Å². The first-order valence-electron chi connectivity index (χ1n) is 8.99. The fourth-order valence-electron chi connectivity index (χ4n) is 2.61. The molecular formula is C21H22N4O4. The lowest BCUT2D eigenvalue weighted by atomic mass is 10.1. The van der Waals surface area contributed by atoms with Crippen molar-refractivity contribution in [2.24, 2.45) is 0 Å². The molecule has 0 fully saturated rings. The second kappa shape index (κ2) is 9.93. The van der Waals surface area contributed by atoms with E-state index in [1.807, 2.05) is 36.4 Å². The van der Waals surface area contributed by atoms with Crippen LogP contribution in [0.25, 0.3) is 11.3 Å². The van der Waals surface area contributed by atoms with Crippen molar-refractivity contribution in [3.8, 4) is 28.6 Å². The molecule has 2 aromatic carbocycles. The van der Waals surface area contributed by atoms with Crippen LogP contribution in [0.1, 0.15) is 0 Å². The van der Waals surface area contributed by atoms with Crippen molar-refractivity contribution in [2.45, 2.75) is 0 Å². The zero-order chi connectivity index (χ0) is 20.5. The normalized spacial score (nSPS) is 10.1. The maximum atomic E-state index is 12.1. The molecule has 0 aliphatic rings. The van der Waals surface area contributed by atoms with Gasteiger partial charge in [-0.1, -0.05) is 36.4 Å². The average molecular weight is 394 g/mol. The fraction of sp³-hybridized carbons (Fsp3) is 0.190. The molecule has 1 aromatic heterocycles. The van der Waals surface area contributed by atoms with Crippen LogP contribution in [0.3, 0.4) is 0 Å². The van der Waals surface area contributed by atoms with E-state index in [1.165, 1.54) is 14.2 Å². The van der Waals surface area contributed by atoms with Gasteiger partial charge in [-0.05, 0) is 18.2 Å². The number of amides is 2. The summed E-state index contributed by atoms with van der Waals surface area (Å²) in [5.41, 5.74) is 2.20. The summed E-state index contributed by atoms with van der Waals surface area (Å²) in [6, 6.07) is 18.2. The van der Waals surface area contributed by atoms with Crippen LogP contribution in [0.2, 0.25) is 0 Å². The summed E-state index contributed by atoms with van der Waals surface area (Å²) in [7, 11) is 3.05. The van der Waals surface area contributed by atoms with E-state index in [0.717, 1.165) is 11.3 Å². The first kappa shape index (κ1) is 19.9. The number of hydrogen-bond acceptors (Lipinski definition) is 6. The first-order chi connectivity index (χ1) is 14.2. The molecule has 0 spiro atoms. The lowest BCUT2D eigenvalue weighted by molar-refractivity contribution is 0.246. The van der Waals surface area contributed by atoms with Crippen LogP contribution < -0.4 is 24.8 Å². The van der Waals surface area contributed by atoms with E-state index in [2.05, 4.69) is 20.8 Å². The van der Waals surface area contributed by atoms with Gasteiger partial charge in [0.15, 0.2) is 0 Å². The van der Waals surface area contributed by atoms with Crippen LogP contribution in [0.4, 0.5) is 10.5 Å². The molecule has 2 N–H and O–H groups in total. The predicted molar refractivity (Wildman–Crippen MR) is 110 cm³/mol. The van der Waals surface area contributed by atoms with Gasteiger partial charge in [0.05, 0.1) is 26.5 Å². The molecule has 8 nitrogen and oxygen atoms in total. The summed E-state index contributed by atoms with van der Waals surface area (Å²) in [5, 5.41) is 13.6. The number of aromatic nitrogens is 2. The third-order valence-corrected chi connectivity index (χ3v) is 4.01. The van der Waals surface area contributed by atoms with Crippen molar-refractivity contribution in [2.75, 3.05) is 32.7 Å². The molecule has 8 heteroatoms. The molecule has 0 aliphatic heterocycles. The van der Waals surface area contributed by atoms with Crippen LogP contribution in [-0.2, 0) is 0 Å². The zero-order valence-corrected chi connectivity index (χ0v) is 16.2. The first-order valence-corrected chi connectivity index (χ1v) is 8.99. The Morgan fingerprint density at radius 2 is 1.62 bits per heavy atom. The molecule has 0 bridgehead atoms. The number of urea groups is 1. The minimum absolute atomic E-state index is 0.246. The number of para-hydroxylation sites is 1. The molecule has 0 atom stereocenters. The molecule has 29 heavy (non-hydrogen) atoms. The summed E-state index contributed by atoms with van der Waals surface area (Å²) in [5.74, 6) is 1.40. The molecule has 0 saturated heterocycles.